The minimum atomic E-state index is 0.0391. The molecule has 0 saturated heterocycles. The number of halogens is 1. The molecule has 0 radical (unpaired) electrons. The number of ether oxygens (including phenoxy) is 1. The molecule has 3 aromatic carbocycles. The highest BCUT2D eigenvalue weighted by Crippen LogP contribution is 2.24. The van der Waals surface area contributed by atoms with Gasteiger partial charge >= 0.3 is 0 Å². The summed E-state index contributed by atoms with van der Waals surface area (Å²) in [4.78, 5) is 12.6. The molecule has 0 amide bonds. The van der Waals surface area contributed by atoms with Crippen molar-refractivity contribution in [1.82, 2.24) is 14.8 Å². The second kappa shape index (κ2) is 9.73. The maximum absolute atomic E-state index is 12.6. The maximum atomic E-state index is 12.6. The standard InChI is InChI=1S/C23H18BrN3O2S/c24-18-13-11-17(12-14-18)21(28)16-30-23-26-25-22(15-29-20-9-5-2-6-10-20)27(23)19-7-3-1-4-8-19/h1-14H,15-16H2. The van der Waals surface area contributed by atoms with E-state index in [0.717, 1.165) is 15.9 Å². The van der Waals surface area contributed by atoms with Crippen LogP contribution in [0.4, 0.5) is 0 Å². The van der Waals surface area contributed by atoms with Gasteiger partial charge in [-0.1, -0.05) is 76.2 Å². The summed E-state index contributed by atoms with van der Waals surface area (Å²) in [5, 5.41) is 9.29. The molecule has 0 atom stereocenters. The monoisotopic (exact) mass is 479 g/mol. The van der Waals surface area contributed by atoms with E-state index in [-0.39, 0.29) is 18.1 Å². The summed E-state index contributed by atoms with van der Waals surface area (Å²) in [6.45, 7) is 0.271. The summed E-state index contributed by atoms with van der Waals surface area (Å²) in [5.74, 6) is 1.74. The zero-order chi connectivity index (χ0) is 20.8. The topological polar surface area (TPSA) is 57.0 Å². The van der Waals surface area contributed by atoms with Gasteiger partial charge in [0.15, 0.2) is 16.8 Å². The fourth-order valence-electron chi connectivity index (χ4n) is 2.84. The van der Waals surface area contributed by atoms with Crippen molar-refractivity contribution >= 4 is 33.5 Å². The lowest BCUT2D eigenvalue weighted by molar-refractivity contribution is 0.102. The molecular weight excluding hydrogens is 462 g/mol. The lowest BCUT2D eigenvalue weighted by Crippen LogP contribution is -2.08. The third-order valence-corrected chi connectivity index (χ3v) is 5.78. The van der Waals surface area contributed by atoms with Crippen LogP contribution >= 0.6 is 27.7 Å². The van der Waals surface area contributed by atoms with E-state index in [9.17, 15) is 4.79 Å². The zero-order valence-corrected chi connectivity index (χ0v) is 18.3. The van der Waals surface area contributed by atoms with Gasteiger partial charge in [-0.15, -0.1) is 10.2 Å². The second-order valence-electron chi connectivity index (χ2n) is 6.39. The summed E-state index contributed by atoms with van der Waals surface area (Å²) in [6.07, 6.45) is 0. The van der Waals surface area contributed by atoms with E-state index in [1.54, 1.807) is 0 Å². The van der Waals surface area contributed by atoms with Gasteiger partial charge in [-0.25, -0.2) is 0 Å². The highest BCUT2D eigenvalue weighted by atomic mass is 79.9. The predicted molar refractivity (Wildman–Crippen MR) is 121 cm³/mol. The molecule has 4 aromatic rings. The van der Waals surface area contributed by atoms with Crippen molar-refractivity contribution in [1.29, 1.82) is 0 Å². The van der Waals surface area contributed by atoms with Crippen LogP contribution in [0.1, 0.15) is 16.2 Å². The summed E-state index contributed by atoms with van der Waals surface area (Å²) in [7, 11) is 0. The lowest BCUT2D eigenvalue weighted by Gasteiger charge is -2.11. The van der Waals surface area contributed by atoms with Crippen LogP contribution in [0.5, 0.6) is 5.75 Å². The molecular formula is C23H18BrN3O2S. The van der Waals surface area contributed by atoms with Gasteiger partial charge in [0, 0.05) is 15.7 Å². The average Bonchev–Trinajstić information content (AvgIpc) is 3.20. The number of benzene rings is 3. The van der Waals surface area contributed by atoms with E-state index in [4.69, 9.17) is 4.74 Å². The molecule has 0 aliphatic rings. The van der Waals surface area contributed by atoms with Crippen LogP contribution in [-0.2, 0) is 6.61 Å². The van der Waals surface area contributed by atoms with Gasteiger partial charge in [0.05, 0.1) is 5.75 Å². The Kier molecular flexibility index (Phi) is 6.61. The van der Waals surface area contributed by atoms with E-state index in [2.05, 4.69) is 26.1 Å². The lowest BCUT2D eigenvalue weighted by atomic mass is 10.2. The van der Waals surface area contributed by atoms with Crippen LogP contribution in [0.25, 0.3) is 5.69 Å². The zero-order valence-electron chi connectivity index (χ0n) is 15.9. The molecule has 0 aliphatic carbocycles. The number of para-hydroxylation sites is 2. The molecule has 0 aliphatic heterocycles. The molecule has 7 heteroatoms. The number of nitrogens with zero attached hydrogens (tertiary/aromatic N) is 3. The van der Waals surface area contributed by atoms with Crippen LogP contribution in [0.15, 0.2) is 94.6 Å². The smallest absolute Gasteiger partial charge is 0.196 e. The van der Waals surface area contributed by atoms with Crippen LogP contribution < -0.4 is 4.74 Å². The molecule has 4 rings (SSSR count). The molecule has 1 heterocycles. The fourth-order valence-corrected chi connectivity index (χ4v) is 3.97. The number of hydrogen-bond donors (Lipinski definition) is 0. The average molecular weight is 480 g/mol. The Morgan fingerprint density at radius 2 is 1.57 bits per heavy atom. The van der Waals surface area contributed by atoms with Crippen molar-refractivity contribution in [3.63, 3.8) is 0 Å². The molecule has 0 spiro atoms. The Morgan fingerprint density at radius 3 is 2.27 bits per heavy atom. The minimum Gasteiger partial charge on any atom is -0.486 e. The number of carbonyl (C=O) groups is 1. The Bertz CT molecular complexity index is 1120. The Labute approximate surface area is 187 Å². The van der Waals surface area contributed by atoms with Crippen molar-refractivity contribution in [3.8, 4) is 11.4 Å². The van der Waals surface area contributed by atoms with Gasteiger partial charge < -0.3 is 4.74 Å². The maximum Gasteiger partial charge on any atom is 0.196 e. The van der Waals surface area contributed by atoms with Crippen molar-refractivity contribution in [2.45, 2.75) is 11.8 Å². The molecule has 150 valence electrons. The van der Waals surface area contributed by atoms with Crippen LogP contribution in [0, 0.1) is 0 Å². The molecule has 5 nitrogen and oxygen atoms in total. The second-order valence-corrected chi connectivity index (χ2v) is 8.25. The van der Waals surface area contributed by atoms with Gasteiger partial charge in [-0.05, 0) is 36.4 Å². The highest BCUT2D eigenvalue weighted by molar-refractivity contribution is 9.10. The van der Waals surface area contributed by atoms with Gasteiger partial charge in [0.1, 0.15) is 12.4 Å². The Balaban J connectivity index is 1.54. The number of carbonyl (C=O) groups excluding carboxylic acids is 1. The number of hydrogen-bond acceptors (Lipinski definition) is 5. The van der Waals surface area contributed by atoms with Crippen molar-refractivity contribution in [2.24, 2.45) is 0 Å². The number of ketones is 1. The molecule has 30 heavy (non-hydrogen) atoms. The summed E-state index contributed by atoms with van der Waals surface area (Å²) >= 11 is 4.75. The van der Waals surface area contributed by atoms with E-state index in [1.807, 2.05) is 89.5 Å². The van der Waals surface area contributed by atoms with Crippen molar-refractivity contribution < 1.29 is 9.53 Å². The SMILES string of the molecule is O=C(CSc1nnc(COc2ccccc2)n1-c1ccccc1)c1ccc(Br)cc1. The first-order chi connectivity index (χ1) is 14.7. The number of Topliss-reactive ketones (excluding diaryl/α,β-unsaturated/α-hetero) is 1. The predicted octanol–water partition coefficient (Wildman–Crippen LogP) is 5.58. The van der Waals surface area contributed by atoms with E-state index in [1.165, 1.54) is 11.8 Å². The molecule has 0 N–H and O–H groups in total. The summed E-state index contributed by atoms with van der Waals surface area (Å²) in [6, 6.07) is 26.8. The quantitative estimate of drug-likeness (QED) is 0.243. The Hall–Kier alpha value is -2.90. The molecule has 0 unspecified atom stereocenters. The molecule has 0 fully saturated rings. The molecule has 0 saturated carbocycles. The first kappa shape index (κ1) is 20.4. The van der Waals surface area contributed by atoms with Crippen molar-refractivity contribution in [2.75, 3.05) is 5.75 Å². The molecule has 1 aromatic heterocycles. The largest absolute Gasteiger partial charge is 0.486 e. The summed E-state index contributed by atoms with van der Waals surface area (Å²) in [5.41, 5.74) is 1.59. The van der Waals surface area contributed by atoms with Gasteiger partial charge in [0.2, 0.25) is 0 Å². The normalized spacial score (nSPS) is 10.7. The van der Waals surface area contributed by atoms with E-state index >= 15 is 0 Å². The van der Waals surface area contributed by atoms with Crippen LogP contribution in [0.2, 0.25) is 0 Å². The Morgan fingerprint density at radius 1 is 0.900 bits per heavy atom. The minimum absolute atomic E-state index is 0.0391. The van der Waals surface area contributed by atoms with Gasteiger partial charge in [-0.3, -0.25) is 9.36 Å². The number of aromatic nitrogens is 3. The third-order valence-electron chi connectivity index (χ3n) is 4.32. The summed E-state index contributed by atoms with van der Waals surface area (Å²) < 4.78 is 8.75. The third kappa shape index (κ3) is 4.98. The van der Waals surface area contributed by atoms with Gasteiger partial charge in [0.25, 0.3) is 0 Å². The fraction of sp³-hybridized carbons (Fsp3) is 0.0870. The number of rotatable bonds is 8. The molecule has 0 bridgehead atoms. The first-order valence-corrected chi connectivity index (χ1v) is 11.1. The highest BCUT2D eigenvalue weighted by Gasteiger charge is 2.17. The number of thioether (sulfide) groups is 1. The van der Waals surface area contributed by atoms with Gasteiger partial charge in [-0.2, -0.15) is 0 Å². The van der Waals surface area contributed by atoms with E-state index in [0.29, 0.717) is 16.5 Å². The first-order valence-electron chi connectivity index (χ1n) is 9.30. The van der Waals surface area contributed by atoms with Crippen molar-refractivity contribution in [3.05, 3.63) is 101 Å². The van der Waals surface area contributed by atoms with Crippen LogP contribution in [-0.4, -0.2) is 26.3 Å². The van der Waals surface area contributed by atoms with E-state index < -0.39 is 0 Å². The van der Waals surface area contributed by atoms with Crippen LogP contribution in [0.3, 0.4) is 0 Å².